The minimum absolute atomic E-state index is 0.0613. The minimum Gasteiger partial charge on any atom is -0.338 e. The molecule has 0 radical (unpaired) electrons. The Bertz CT molecular complexity index is 632. The molecule has 0 spiro atoms. The Hall–Kier alpha value is -2.13. The van der Waals surface area contributed by atoms with Crippen LogP contribution in [0.15, 0.2) is 48.5 Å². The van der Waals surface area contributed by atoms with Crippen LogP contribution in [0.25, 0.3) is 0 Å². The largest absolute Gasteiger partial charge is 0.338 e. The third-order valence-electron chi connectivity index (χ3n) is 4.15. The molecule has 0 aliphatic rings. The molecule has 0 saturated heterocycles. The van der Waals surface area contributed by atoms with Gasteiger partial charge in [-0.1, -0.05) is 47.5 Å². The molecule has 1 amide bonds. The fraction of sp³-hybridized carbons (Fsp3) is 0.350. The lowest BCUT2D eigenvalue weighted by molar-refractivity contribution is 0.0725. The second-order valence-corrected chi connectivity index (χ2v) is 6.21. The number of carbonyl (C=O) groups is 1. The zero-order valence-electron chi connectivity index (χ0n) is 14.3. The topological polar surface area (TPSA) is 46.3 Å². The van der Waals surface area contributed by atoms with Crippen molar-refractivity contribution in [1.29, 1.82) is 0 Å². The van der Waals surface area contributed by atoms with Crippen LogP contribution in [0.2, 0.25) is 0 Å². The molecule has 2 rings (SSSR count). The van der Waals surface area contributed by atoms with Gasteiger partial charge in [0.15, 0.2) is 0 Å². The van der Waals surface area contributed by atoms with Gasteiger partial charge < -0.3 is 10.6 Å². The molecule has 2 aromatic rings. The highest BCUT2D eigenvalue weighted by atomic mass is 16.2. The molecule has 122 valence electrons. The molecule has 3 nitrogen and oxygen atoms in total. The van der Waals surface area contributed by atoms with Crippen LogP contribution in [0.3, 0.4) is 0 Å². The van der Waals surface area contributed by atoms with Crippen molar-refractivity contribution in [2.75, 3.05) is 13.6 Å². The van der Waals surface area contributed by atoms with Crippen LogP contribution < -0.4 is 5.73 Å². The van der Waals surface area contributed by atoms with Crippen LogP contribution in [0.4, 0.5) is 0 Å². The lowest BCUT2D eigenvalue weighted by Gasteiger charge is -2.28. The number of nitrogens with zero attached hydrogens (tertiary/aromatic N) is 1. The highest BCUT2D eigenvalue weighted by molar-refractivity contribution is 5.94. The third kappa shape index (κ3) is 4.67. The summed E-state index contributed by atoms with van der Waals surface area (Å²) in [6.07, 6.45) is 1.62. The predicted octanol–water partition coefficient (Wildman–Crippen LogP) is 3.34. The van der Waals surface area contributed by atoms with Gasteiger partial charge >= 0.3 is 0 Å². The molecular formula is C20H26N2O. The van der Waals surface area contributed by atoms with Gasteiger partial charge in [-0.25, -0.2) is 0 Å². The monoisotopic (exact) mass is 310 g/mol. The molecular weight excluding hydrogens is 284 g/mol. The summed E-state index contributed by atoms with van der Waals surface area (Å²) < 4.78 is 0. The van der Waals surface area contributed by atoms with E-state index in [1.807, 2.05) is 56.1 Å². The van der Waals surface area contributed by atoms with E-state index in [-0.39, 0.29) is 11.9 Å². The Balaban J connectivity index is 2.19. The maximum Gasteiger partial charge on any atom is 0.253 e. The van der Waals surface area contributed by atoms with Crippen molar-refractivity contribution in [3.8, 4) is 0 Å². The van der Waals surface area contributed by atoms with E-state index in [1.165, 1.54) is 5.56 Å². The smallest absolute Gasteiger partial charge is 0.253 e. The van der Waals surface area contributed by atoms with Crippen LogP contribution in [0.1, 0.15) is 33.5 Å². The number of aryl methyl sites for hydroxylation is 2. The first-order chi connectivity index (χ1) is 11.0. The predicted molar refractivity (Wildman–Crippen MR) is 95.6 cm³/mol. The molecule has 0 saturated carbocycles. The van der Waals surface area contributed by atoms with Crippen LogP contribution in [0.5, 0.6) is 0 Å². The van der Waals surface area contributed by atoms with Crippen molar-refractivity contribution in [3.63, 3.8) is 0 Å². The maximum atomic E-state index is 12.8. The molecule has 0 aliphatic carbocycles. The summed E-state index contributed by atoms with van der Waals surface area (Å²) in [6, 6.07) is 16.3. The minimum atomic E-state index is 0.0613. The Labute approximate surface area is 139 Å². The molecule has 0 aromatic heterocycles. The van der Waals surface area contributed by atoms with Crippen molar-refractivity contribution in [2.45, 2.75) is 32.7 Å². The average Bonchev–Trinajstić information content (AvgIpc) is 2.53. The van der Waals surface area contributed by atoms with E-state index in [0.717, 1.165) is 29.5 Å². The zero-order valence-corrected chi connectivity index (χ0v) is 14.3. The molecule has 0 bridgehead atoms. The number of nitrogens with two attached hydrogens (primary N) is 1. The van der Waals surface area contributed by atoms with Gasteiger partial charge in [-0.3, -0.25) is 4.79 Å². The standard InChI is InChI=1S/C20H26N2O/c1-15-11-16(2)13-18(12-15)20(23)22(3)19(9-10-21)14-17-7-5-4-6-8-17/h4-8,11-13,19H,9-10,14,21H2,1-3H3. The normalized spacial score (nSPS) is 12.0. The Morgan fingerprint density at radius 3 is 2.26 bits per heavy atom. The molecule has 0 aliphatic heterocycles. The molecule has 2 aromatic carbocycles. The number of rotatable bonds is 6. The zero-order chi connectivity index (χ0) is 16.8. The molecule has 0 fully saturated rings. The molecule has 23 heavy (non-hydrogen) atoms. The van der Waals surface area contributed by atoms with Crippen molar-refractivity contribution < 1.29 is 4.79 Å². The van der Waals surface area contributed by atoms with E-state index in [0.29, 0.717) is 6.54 Å². The lowest BCUT2D eigenvalue weighted by Crippen LogP contribution is -2.39. The number of likely N-dealkylation sites (N-methyl/N-ethyl adjacent to an activating group) is 1. The van der Waals surface area contributed by atoms with E-state index >= 15 is 0 Å². The van der Waals surface area contributed by atoms with Crippen LogP contribution in [-0.2, 0) is 6.42 Å². The van der Waals surface area contributed by atoms with E-state index in [4.69, 9.17) is 5.73 Å². The van der Waals surface area contributed by atoms with E-state index in [9.17, 15) is 4.79 Å². The first-order valence-corrected chi connectivity index (χ1v) is 8.10. The lowest BCUT2D eigenvalue weighted by atomic mass is 10.0. The fourth-order valence-corrected chi connectivity index (χ4v) is 2.98. The molecule has 1 atom stereocenters. The van der Waals surface area contributed by atoms with Gasteiger partial charge in [-0.15, -0.1) is 0 Å². The second-order valence-electron chi connectivity index (χ2n) is 6.21. The van der Waals surface area contributed by atoms with E-state index in [1.54, 1.807) is 0 Å². The molecule has 0 heterocycles. The summed E-state index contributed by atoms with van der Waals surface area (Å²) in [5.74, 6) is 0.0613. The average molecular weight is 310 g/mol. The Morgan fingerprint density at radius 2 is 1.70 bits per heavy atom. The van der Waals surface area contributed by atoms with Crippen molar-refractivity contribution >= 4 is 5.91 Å². The number of benzene rings is 2. The summed E-state index contributed by atoms with van der Waals surface area (Å²) in [4.78, 5) is 14.7. The first-order valence-electron chi connectivity index (χ1n) is 8.10. The van der Waals surface area contributed by atoms with Crippen LogP contribution in [-0.4, -0.2) is 30.4 Å². The second kappa shape index (κ2) is 7.93. The number of hydrogen-bond donors (Lipinski definition) is 1. The van der Waals surface area contributed by atoms with E-state index < -0.39 is 0 Å². The summed E-state index contributed by atoms with van der Waals surface area (Å²) in [6.45, 7) is 4.61. The summed E-state index contributed by atoms with van der Waals surface area (Å²) in [7, 11) is 1.88. The SMILES string of the molecule is Cc1cc(C)cc(C(=O)N(C)C(CCN)Cc2ccccc2)c1. The van der Waals surface area contributed by atoms with E-state index in [2.05, 4.69) is 18.2 Å². The Morgan fingerprint density at radius 1 is 1.09 bits per heavy atom. The number of amides is 1. The van der Waals surface area contributed by atoms with Crippen LogP contribution >= 0.6 is 0 Å². The summed E-state index contributed by atoms with van der Waals surface area (Å²) >= 11 is 0. The number of carbonyl (C=O) groups excluding carboxylic acids is 1. The van der Waals surface area contributed by atoms with Gasteiger partial charge in [0.25, 0.3) is 5.91 Å². The molecule has 1 unspecified atom stereocenters. The highest BCUT2D eigenvalue weighted by Gasteiger charge is 2.21. The fourth-order valence-electron chi connectivity index (χ4n) is 2.98. The van der Waals surface area contributed by atoms with Crippen molar-refractivity contribution in [1.82, 2.24) is 4.90 Å². The van der Waals surface area contributed by atoms with Crippen LogP contribution in [0, 0.1) is 13.8 Å². The van der Waals surface area contributed by atoms with Crippen molar-refractivity contribution in [3.05, 3.63) is 70.8 Å². The highest BCUT2D eigenvalue weighted by Crippen LogP contribution is 2.16. The summed E-state index contributed by atoms with van der Waals surface area (Å²) in [5, 5.41) is 0. The third-order valence-corrected chi connectivity index (χ3v) is 4.15. The van der Waals surface area contributed by atoms with Gasteiger partial charge in [-0.05, 0) is 50.9 Å². The molecule has 2 N–H and O–H groups in total. The first kappa shape index (κ1) is 17.2. The van der Waals surface area contributed by atoms with Crippen molar-refractivity contribution in [2.24, 2.45) is 5.73 Å². The Kier molecular flexibility index (Phi) is 5.94. The van der Waals surface area contributed by atoms with Gasteiger partial charge in [-0.2, -0.15) is 0 Å². The quantitative estimate of drug-likeness (QED) is 0.889. The van der Waals surface area contributed by atoms with Gasteiger partial charge in [0.05, 0.1) is 0 Å². The van der Waals surface area contributed by atoms with Gasteiger partial charge in [0.2, 0.25) is 0 Å². The van der Waals surface area contributed by atoms with Gasteiger partial charge in [0, 0.05) is 18.7 Å². The summed E-state index contributed by atoms with van der Waals surface area (Å²) in [5.41, 5.74) is 9.97. The maximum absolute atomic E-state index is 12.8. The van der Waals surface area contributed by atoms with Gasteiger partial charge in [0.1, 0.15) is 0 Å². The molecule has 3 heteroatoms. The number of hydrogen-bond acceptors (Lipinski definition) is 2.